The van der Waals surface area contributed by atoms with Crippen LogP contribution in [0.2, 0.25) is 5.02 Å². The molecule has 0 radical (unpaired) electrons. The Balaban J connectivity index is 1.69. The minimum atomic E-state index is 0.717. The van der Waals surface area contributed by atoms with E-state index in [4.69, 9.17) is 16.7 Å². The first kappa shape index (κ1) is 13.8. The maximum atomic E-state index is 6.38. The SMILES string of the molecule is Clc1ccccc1C(=NN1CC2CCCC2C1)n1ccnc1. The Hall–Kier alpha value is -1.81. The molecule has 2 aliphatic rings. The first-order valence-electron chi connectivity index (χ1n) is 7.88. The van der Waals surface area contributed by atoms with E-state index >= 15 is 0 Å². The molecular formula is C17H19ClN4. The van der Waals surface area contributed by atoms with Gasteiger partial charge in [0.05, 0.1) is 5.02 Å². The van der Waals surface area contributed by atoms with Gasteiger partial charge in [-0.2, -0.15) is 5.10 Å². The van der Waals surface area contributed by atoms with Crippen molar-refractivity contribution in [3.05, 3.63) is 53.6 Å². The van der Waals surface area contributed by atoms with Crippen LogP contribution in [0.15, 0.2) is 48.1 Å². The highest BCUT2D eigenvalue weighted by Gasteiger charge is 2.36. The fraction of sp³-hybridized carbons (Fsp3) is 0.412. The first-order valence-corrected chi connectivity index (χ1v) is 8.26. The number of hydrogen-bond donors (Lipinski definition) is 0. The Morgan fingerprint density at radius 3 is 2.64 bits per heavy atom. The van der Waals surface area contributed by atoms with E-state index in [-0.39, 0.29) is 0 Å². The summed E-state index contributed by atoms with van der Waals surface area (Å²) in [6, 6.07) is 7.85. The molecule has 1 saturated heterocycles. The van der Waals surface area contributed by atoms with Gasteiger partial charge in [0.25, 0.3) is 0 Å². The van der Waals surface area contributed by atoms with Crippen molar-refractivity contribution >= 4 is 17.4 Å². The van der Waals surface area contributed by atoms with Gasteiger partial charge in [-0.05, 0) is 36.8 Å². The van der Waals surface area contributed by atoms with Crippen LogP contribution in [0.25, 0.3) is 0 Å². The average Bonchev–Trinajstić information content (AvgIpc) is 3.22. The van der Waals surface area contributed by atoms with E-state index in [1.165, 1.54) is 19.3 Å². The van der Waals surface area contributed by atoms with Crippen molar-refractivity contribution < 1.29 is 0 Å². The predicted molar refractivity (Wildman–Crippen MR) is 88.0 cm³/mol. The second-order valence-corrected chi connectivity index (χ2v) is 6.60. The van der Waals surface area contributed by atoms with E-state index in [1.807, 2.05) is 35.0 Å². The summed E-state index contributed by atoms with van der Waals surface area (Å²) < 4.78 is 1.94. The molecule has 2 heterocycles. The largest absolute Gasteiger partial charge is 0.294 e. The molecule has 2 unspecified atom stereocenters. The molecule has 0 amide bonds. The number of aromatic nitrogens is 2. The summed E-state index contributed by atoms with van der Waals surface area (Å²) in [7, 11) is 0. The number of rotatable bonds is 2. The van der Waals surface area contributed by atoms with Crippen molar-refractivity contribution in [2.75, 3.05) is 13.1 Å². The van der Waals surface area contributed by atoms with Crippen LogP contribution >= 0.6 is 11.6 Å². The number of hydrazone groups is 1. The predicted octanol–water partition coefficient (Wildman–Crippen LogP) is 3.48. The third-order valence-electron chi connectivity index (χ3n) is 4.81. The number of benzene rings is 1. The summed E-state index contributed by atoms with van der Waals surface area (Å²) in [5.74, 6) is 2.49. The summed E-state index contributed by atoms with van der Waals surface area (Å²) in [5.41, 5.74) is 0.944. The summed E-state index contributed by atoms with van der Waals surface area (Å²) >= 11 is 6.38. The first-order chi connectivity index (χ1) is 10.8. The van der Waals surface area contributed by atoms with Crippen LogP contribution in [-0.2, 0) is 0 Å². The van der Waals surface area contributed by atoms with Crippen LogP contribution in [0.1, 0.15) is 24.8 Å². The fourth-order valence-electron chi connectivity index (χ4n) is 3.70. The minimum Gasteiger partial charge on any atom is -0.294 e. The molecule has 4 rings (SSSR count). The van der Waals surface area contributed by atoms with E-state index in [0.29, 0.717) is 5.02 Å². The Kier molecular flexibility index (Phi) is 3.62. The third kappa shape index (κ3) is 2.52. The second kappa shape index (κ2) is 5.76. The Morgan fingerprint density at radius 1 is 1.18 bits per heavy atom. The highest BCUT2D eigenvalue weighted by atomic mass is 35.5. The van der Waals surface area contributed by atoms with Crippen LogP contribution in [0.3, 0.4) is 0 Å². The Labute approximate surface area is 135 Å². The zero-order valence-electron chi connectivity index (χ0n) is 12.4. The van der Waals surface area contributed by atoms with E-state index in [2.05, 4.69) is 9.99 Å². The molecule has 5 heteroatoms. The molecule has 114 valence electrons. The number of halogens is 1. The lowest BCUT2D eigenvalue weighted by Gasteiger charge is -2.17. The minimum absolute atomic E-state index is 0.717. The van der Waals surface area contributed by atoms with Gasteiger partial charge in [0.15, 0.2) is 5.84 Å². The number of imidazole rings is 1. The smallest absolute Gasteiger partial charge is 0.166 e. The number of nitrogens with zero attached hydrogens (tertiary/aromatic N) is 4. The van der Waals surface area contributed by atoms with Crippen molar-refractivity contribution in [3.63, 3.8) is 0 Å². The maximum Gasteiger partial charge on any atom is 0.166 e. The summed E-state index contributed by atoms with van der Waals surface area (Å²) in [6.45, 7) is 2.13. The topological polar surface area (TPSA) is 33.4 Å². The van der Waals surface area contributed by atoms with Gasteiger partial charge in [0.1, 0.15) is 6.33 Å². The van der Waals surface area contributed by atoms with Crippen LogP contribution in [0.5, 0.6) is 0 Å². The highest BCUT2D eigenvalue weighted by molar-refractivity contribution is 6.34. The van der Waals surface area contributed by atoms with Gasteiger partial charge < -0.3 is 0 Å². The van der Waals surface area contributed by atoms with Crippen molar-refractivity contribution in [3.8, 4) is 0 Å². The monoisotopic (exact) mass is 314 g/mol. The molecule has 0 N–H and O–H groups in total. The molecule has 2 aromatic rings. The van der Waals surface area contributed by atoms with E-state index in [1.54, 1.807) is 12.5 Å². The highest BCUT2D eigenvalue weighted by Crippen LogP contribution is 2.37. The fourth-order valence-corrected chi connectivity index (χ4v) is 3.92. The van der Waals surface area contributed by atoms with Crippen molar-refractivity contribution in [1.82, 2.24) is 14.6 Å². The van der Waals surface area contributed by atoms with Crippen molar-refractivity contribution in [2.45, 2.75) is 19.3 Å². The van der Waals surface area contributed by atoms with Gasteiger partial charge in [0.2, 0.25) is 0 Å². The van der Waals surface area contributed by atoms with E-state index in [9.17, 15) is 0 Å². The van der Waals surface area contributed by atoms with Crippen molar-refractivity contribution in [2.24, 2.45) is 16.9 Å². The lowest BCUT2D eigenvalue weighted by molar-refractivity contribution is 0.327. The van der Waals surface area contributed by atoms with Crippen LogP contribution in [0, 0.1) is 11.8 Å². The average molecular weight is 315 g/mol. The van der Waals surface area contributed by atoms with Crippen molar-refractivity contribution in [1.29, 1.82) is 0 Å². The van der Waals surface area contributed by atoms with Crippen LogP contribution in [-0.4, -0.2) is 33.5 Å². The number of fused-ring (bicyclic) bond motifs is 1. The Morgan fingerprint density at radius 2 is 1.95 bits per heavy atom. The normalized spacial score (nSPS) is 24.8. The molecule has 1 aromatic carbocycles. The van der Waals surface area contributed by atoms with Gasteiger partial charge in [-0.1, -0.05) is 30.2 Å². The molecule has 0 bridgehead atoms. The molecule has 22 heavy (non-hydrogen) atoms. The number of hydrogen-bond acceptors (Lipinski definition) is 3. The molecule has 4 nitrogen and oxygen atoms in total. The molecule has 1 aliphatic carbocycles. The molecular weight excluding hydrogens is 296 g/mol. The van der Waals surface area contributed by atoms with Gasteiger partial charge >= 0.3 is 0 Å². The van der Waals surface area contributed by atoms with E-state index in [0.717, 1.165) is 36.3 Å². The quantitative estimate of drug-likeness (QED) is 0.628. The Bertz CT molecular complexity index is 668. The van der Waals surface area contributed by atoms with Gasteiger partial charge in [-0.3, -0.25) is 9.58 Å². The van der Waals surface area contributed by atoms with Gasteiger partial charge in [-0.15, -0.1) is 0 Å². The zero-order chi connectivity index (χ0) is 14.9. The molecule has 1 saturated carbocycles. The molecule has 0 spiro atoms. The summed E-state index contributed by atoms with van der Waals surface area (Å²) in [6.07, 6.45) is 9.54. The lowest BCUT2D eigenvalue weighted by atomic mass is 10.0. The van der Waals surface area contributed by atoms with Crippen LogP contribution < -0.4 is 0 Å². The summed E-state index contributed by atoms with van der Waals surface area (Å²) in [4.78, 5) is 4.15. The maximum absolute atomic E-state index is 6.38. The molecule has 2 atom stereocenters. The lowest BCUT2D eigenvalue weighted by Crippen LogP contribution is -2.22. The molecule has 1 aliphatic heterocycles. The molecule has 1 aromatic heterocycles. The second-order valence-electron chi connectivity index (χ2n) is 6.20. The van der Waals surface area contributed by atoms with E-state index < -0.39 is 0 Å². The zero-order valence-corrected chi connectivity index (χ0v) is 13.2. The van der Waals surface area contributed by atoms with Crippen LogP contribution in [0.4, 0.5) is 0 Å². The standard InChI is InChI=1S/C17H19ClN4/c18-16-7-2-1-6-15(16)17(21-9-8-19-12-21)20-22-10-13-4-3-5-14(13)11-22/h1-2,6-9,12-14H,3-5,10-11H2. The van der Waals surface area contributed by atoms with Gasteiger partial charge in [0, 0.05) is 31.0 Å². The molecule has 2 fully saturated rings. The van der Waals surface area contributed by atoms with Gasteiger partial charge in [-0.25, -0.2) is 4.98 Å². The summed E-state index contributed by atoms with van der Waals surface area (Å²) in [5, 5.41) is 7.85. The third-order valence-corrected chi connectivity index (χ3v) is 5.14.